The summed E-state index contributed by atoms with van der Waals surface area (Å²) in [4.78, 5) is 28.7. The molecule has 0 aliphatic carbocycles. The molecule has 1 fully saturated rings. The van der Waals surface area contributed by atoms with Gasteiger partial charge in [-0.15, -0.1) is 0 Å². The zero-order valence-electron chi connectivity index (χ0n) is 15.3. The van der Waals surface area contributed by atoms with Gasteiger partial charge in [-0.2, -0.15) is 0 Å². The summed E-state index contributed by atoms with van der Waals surface area (Å²) < 4.78 is 5.48. The van der Waals surface area contributed by atoms with E-state index in [9.17, 15) is 9.59 Å². The Kier molecular flexibility index (Phi) is 5.73. The number of piperidine rings is 1. The molecule has 0 bridgehead atoms. The van der Waals surface area contributed by atoms with Gasteiger partial charge in [-0.25, -0.2) is 0 Å². The van der Waals surface area contributed by atoms with E-state index in [2.05, 4.69) is 17.3 Å². The van der Waals surface area contributed by atoms with E-state index in [0.717, 1.165) is 31.7 Å². The van der Waals surface area contributed by atoms with Gasteiger partial charge in [-0.1, -0.05) is 6.07 Å². The minimum atomic E-state index is -0.155. The predicted octanol–water partition coefficient (Wildman–Crippen LogP) is 2.97. The van der Waals surface area contributed by atoms with E-state index in [1.807, 2.05) is 17.0 Å². The van der Waals surface area contributed by atoms with Crippen molar-refractivity contribution < 1.29 is 14.0 Å². The number of hydrogen-bond donors (Lipinski definition) is 1. The Morgan fingerprint density at radius 3 is 2.65 bits per heavy atom. The van der Waals surface area contributed by atoms with Crippen LogP contribution in [0.3, 0.4) is 0 Å². The Bertz CT molecular complexity index is 749. The average Bonchev–Trinajstić information content (AvgIpc) is 3.13. The molecule has 1 N–H and O–H groups in total. The van der Waals surface area contributed by atoms with Crippen molar-refractivity contribution in [2.75, 3.05) is 25.5 Å². The van der Waals surface area contributed by atoms with Crippen LogP contribution in [0.1, 0.15) is 35.9 Å². The van der Waals surface area contributed by atoms with Crippen LogP contribution in [0, 0.1) is 0 Å². The minimum Gasteiger partial charge on any atom is -0.467 e. The number of carbonyl (C=O) groups is 2. The standard InChI is InChI=1S/C20H25N3O3/c1-15(24)21-17-6-3-5-16(13-17)20(25)23(14-19-7-4-12-26-19)18-8-10-22(2)11-9-18/h3-7,12-13,18H,8-11,14H2,1-2H3,(H,21,24). The van der Waals surface area contributed by atoms with Gasteiger partial charge in [0.25, 0.3) is 5.91 Å². The molecule has 6 nitrogen and oxygen atoms in total. The number of nitrogens with one attached hydrogen (secondary N) is 1. The molecule has 6 heteroatoms. The SMILES string of the molecule is CC(=O)Nc1cccc(C(=O)N(Cc2ccco2)C2CCN(C)CC2)c1. The zero-order chi connectivity index (χ0) is 18.5. The number of amides is 2. The van der Waals surface area contributed by atoms with E-state index in [4.69, 9.17) is 4.42 Å². The van der Waals surface area contributed by atoms with Gasteiger partial charge < -0.3 is 19.5 Å². The highest BCUT2D eigenvalue weighted by Crippen LogP contribution is 2.22. The number of rotatable bonds is 5. The third kappa shape index (κ3) is 4.52. The van der Waals surface area contributed by atoms with Crippen molar-refractivity contribution >= 4 is 17.5 Å². The first kappa shape index (κ1) is 18.2. The van der Waals surface area contributed by atoms with Crippen molar-refractivity contribution in [3.05, 3.63) is 54.0 Å². The van der Waals surface area contributed by atoms with Crippen LogP contribution < -0.4 is 5.32 Å². The summed E-state index contributed by atoms with van der Waals surface area (Å²) in [6, 6.07) is 11.0. The fourth-order valence-corrected chi connectivity index (χ4v) is 3.34. The summed E-state index contributed by atoms with van der Waals surface area (Å²) in [5.74, 6) is 0.579. The summed E-state index contributed by atoms with van der Waals surface area (Å²) in [7, 11) is 2.10. The molecule has 0 radical (unpaired) electrons. The van der Waals surface area contributed by atoms with E-state index in [1.165, 1.54) is 6.92 Å². The third-order valence-electron chi connectivity index (χ3n) is 4.73. The van der Waals surface area contributed by atoms with Crippen LogP contribution in [0.4, 0.5) is 5.69 Å². The Balaban J connectivity index is 1.83. The van der Waals surface area contributed by atoms with Crippen molar-refractivity contribution in [1.82, 2.24) is 9.80 Å². The molecular weight excluding hydrogens is 330 g/mol. The number of carbonyl (C=O) groups excluding carboxylic acids is 2. The summed E-state index contributed by atoms with van der Waals surface area (Å²) in [6.45, 7) is 3.85. The van der Waals surface area contributed by atoms with Crippen LogP contribution in [0.2, 0.25) is 0 Å². The lowest BCUT2D eigenvalue weighted by molar-refractivity contribution is -0.114. The molecule has 0 saturated carbocycles. The molecule has 138 valence electrons. The molecule has 2 aromatic rings. The lowest BCUT2D eigenvalue weighted by Crippen LogP contribution is -2.46. The molecule has 2 amide bonds. The van der Waals surface area contributed by atoms with Crippen LogP contribution >= 0.6 is 0 Å². The fraction of sp³-hybridized carbons (Fsp3) is 0.400. The molecule has 1 saturated heterocycles. The van der Waals surface area contributed by atoms with Crippen molar-refractivity contribution in [2.45, 2.75) is 32.4 Å². The van der Waals surface area contributed by atoms with E-state index in [-0.39, 0.29) is 17.9 Å². The summed E-state index contributed by atoms with van der Waals surface area (Å²) >= 11 is 0. The van der Waals surface area contributed by atoms with Gasteiger partial charge in [0.1, 0.15) is 5.76 Å². The Morgan fingerprint density at radius 2 is 2.00 bits per heavy atom. The molecule has 0 atom stereocenters. The highest BCUT2D eigenvalue weighted by atomic mass is 16.3. The Morgan fingerprint density at radius 1 is 1.23 bits per heavy atom. The van der Waals surface area contributed by atoms with Crippen molar-refractivity contribution in [3.8, 4) is 0 Å². The summed E-state index contributed by atoms with van der Waals surface area (Å²) in [6.07, 6.45) is 3.51. The van der Waals surface area contributed by atoms with Crippen LogP contribution in [-0.2, 0) is 11.3 Å². The van der Waals surface area contributed by atoms with E-state index in [0.29, 0.717) is 17.8 Å². The lowest BCUT2D eigenvalue weighted by Gasteiger charge is -2.37. The molecule has 3 rings (SSSR count). The van der Waals surface area contributed by atoms with Gasteiger partial charge in [0, 0.05) is 24.2 Å². The number of hydrogen-bond acceptors (Lipinski definition) is 4. The molecule has 1 aromatic carbocycles. The molecule has 1 aromatic heterocycles. The van der Waals surface area contributed by atoms with Crippen LogP contribution in [0.25, 0.3) is 0 Å². The first-order valence-electron chi connectivity index (χ1n) is 8.92. The number of likely N-dealkylation sites (tertiary alicyclic amines) is 1. The second-order valence-corrected chi connectivity index (χ2v) is 6.81. The van der Waals surface area contributed by atoms with Gasteiger partial charge in [0.2, 0.25) is 5.91 Å². The smallest absolute Gasteiger partial charge is 0.254 e. The number of benzene rings is 1. The monoisotopic (exact) mass is 355 g/mol. The van der Waals surface area contributed by atoms with Crippen molar-refractivity contribution in [1.29, 1.82) is 0 Å². The Labute approximate surface area is 153 Å². The maximum Gasteiger partial charge on any atom is 0.254 e. The average molecular weight is 355 g/mol. The van der Waals surface area contributed by atoms with Gasteiger partial charge in [-0.05, 0) is 63.3 Å². The molecule has 2 heterocycles. The molecular formula is C20H25N3O3. The first-order chi connectivity index (χ1) is 12.5. The molecule has 26 heavy (non-hydrogen) atoms. The topological polar surface area (TPSA) is 65.8 Å². The fourth-order valence-electron chi connectivity index (χ4n) is 3.34. The summed E-state index contributed by atoms with van der Waals surface area (Å²) in [5, 5.41) is 2.74. The van der Waals surface area contributed by atoms with E-state index >= 15 is 0 Å². The van der Waals surface area contributed by atoms with Gasteiger partial charge in [-0.3, -0.25) is 9.59 Å². The van der Waals surface area contributed by atoms with Crippen molar-refractivity contribution in [2.24, 2.45) is 0 Å². The third-order valence-corrected chi connectivity index (χ3v) is 4.73. The second-order valence-electron chi connectivity index (χ2n) is 6.81. The maximum atomic E-state index is 13.2. The maximum absolute atomic E-state index is 13.2. The molecule has 1 aliphatic heterocycles. The van der Waals surface area contributed by atoms with Gasteiger partial charge in [0.15, 0.2) is 0 Å². The highest BCUT2D eigenvalue weighted by molar-refractivity contribution is 5.97. The highest BCUT2D eigenvalue weighted by Gasteiger charge is 2.28. The minimum absolute atomic E-state index is 0.0387. The quantitative estimate of drug-likeness (QED) is 0.895. The number of nitrogens with zero attached hydrogens (tertiary/aromatic N) is 2. The van der Waals surface area contributed by atoms with Gasteiger partial charge in [0.05, 0.1) is 12.8 Å². The van der Waals surface area contributed by atoms with Crippen LogP contribution in [0.5, 0.6) is 0 Å². The van der Waals surface area contributed by atoms with Crippen molar-refractivity contribution in [3.63, 3.8) is 0 Å². The van der Waals surface area contributed by atoms with E-state index < -0.39 is 0 Å². The largest absolute Gasteiger partial charge is 0.467 e. The second kappa shape index (κ2) is 8.19. The van der Waals surface area contributed by atoms with Crippen LogP contribution in [-0.4, -0.2) is 47.8 Å². The first-order valence-corrected chi connectivity index (χ1v) is 8.92. The lowest BCUT2D eigenvalue weighted by atomic mass is 10.0. The van der Waals surface area contributed by atoms with Gasteiger partial charge >= 0.3 is 0 Å². The predicted molar refractivity (Wildman–Crippen MR) is 99.8 cm³/mol. The molecule has 0 spiro atoms. The zero-order valence-corrected chi connectivity index (χ0v) is 15.3. The van der Waals surface area contributed by atoms with Crippen LogP contribution in [0.15, 0.2) is 47.1 Å². The summed E-state index contributed by atoms with van der Waals surface area (Å²) in [5.41, 5.74) is 1.20. The molecule has 0 unspecified atom stereocenters. The van der Waals surface area contributed by atoms with E-state index in [1.54, 1.807) is 30.5 Å². The number of anilines is 1. The normalized spacial score (nSPS) is 15.6. The molecule has 1 aliphatic rings. The number of furan rings is 1. The Hall–Kier alpha value is -2.60.